The molecule has 0 saturated carbocycles. The van der Waals surface area contributed by atoms with Crippen molar-refractivity contribution in [2.24, 2.45) is 0 Å². The third kappa shape index (κ3) is 53.7. The summed E-state index contributed by atoms with van der Waals surface area (Å²) in [5, 5.41) is 0. The molecule has 1 atom stereocenters. The Morgan fingerprint density at radius 2 is 0.537 bits per heavy atom. The Labute approximate surface area is 414 Å². The Hall–Kier alpha value is -3.15. The Morgan fingerprint density at radius 1 is 0.299 bits per heavy atom. The van der Waals surface area contributed by atoms with Crippen LogP contribution in [0.25, 0.3) is 0 Å². The monoisotopic (exact) mass is 935 g/mol. The average Bonchev–Trinajstić information content (AvgIpc) is 3.33. The molecular weight excluding hydrogens is 829 g/mol. The van der Waals surface area contributed by atoms with Crippen LogP contribution in [0.2, 0.25) is 0 Å². The van der Waals surface area contributed by atoms with E-state index in [0.29, 0.717) is 19.3 Å². The van der Waals surface area contributed by atoms with Gasteiger partial charge in [0.2, 0.25) is 0 Å². The largest absolute Gasteiger partial charge is 0.462 e. The zero-order chi connectivity index (χ0) is 48.6. The molecule has 0 aromatic heterocycles. The Morgan fingerprint density at radius 3 is 0.881 bits per heavy atom. The molecule has 0 aliphatic rings. The van der Waals surface area contributed by atoms with Gasteiger partial charge in [0.05, 0.1) is 0 Å². The van der Waals surface area contributed by atoms with Crippen molar-refractivity contribution in [2.75, 3.05) is 13.2 Å². The molecule has 0 aromatic carbocycles. The molecule has 0 unspecified atom stereocenters. The van der Waals surface area contributed by atoms with E-state index in [4.69, 9.17) is 14.2 Å². The fourth-order valence-corrected chi connectivity index (χ4v) is 7.83. The zero-order valence-electron chi connectivity index (χ0n) is 44.2. The molecule has 0 bridgehead atoms. The van der Waals surface area contributed by atoms with Crippen molar-refractivity contribution in [3.8, 4) is 0 Å². The zero-order valence-corrected chi connectivity index (χ0v) is 44.2. The lowest BCUT2D eigenvalue weighted by Gasteiger charge is -2.18. The van der Waals surface area contributed by atoms with Gasteiger partial charge in [-0.05, 0) is 116 Å². The Bertz CT molecular complexity index is 1260. The molecule has 6 nitrogen and oxygen atoms in total. The molecule has 0 rings (SSSR count). The number of carbonyl (C=O) groups is 3. The van der Waals surface area contributed by atoms with Gasteiger partial charge < -0.3 is 14.2 Å². The van der Waals surface area contributed by atoms with E-state index in [9.17, 15) is 14.4 Å². The minimum absolute atomic E-state index is 0.0870. The maximum Gasteiger partial charge on any atom is 0.306 e. The number of esters is 3. The second kappa shape index (κ2) is 55.4. The molecule has 0 amide bonds. The molecule has 6 heteroatoms. The average molecular weight is 936 g/mol. The van der Waals surface area contributed by atoms with Crippen molar-refractivity contribution in [3.63, 3.8) is 0 Å². The van der Waals surface area contributed by atoms with E-state index in [1.165, 1.54) is 141 Å². The van der Waals surface area contributed by atoms with Gasteiger partial charge in [-0.15, -0.1) is 0 Å². The minimum Gasteiger partial charge on any atom is -0.462 e. The molecule has 0 radical (unpaired) electrons. The molecular formula is C61H106O6. The van der Waals surface area contributed by atoms with E-state index in [0.717, 1.165) is 96.3 Å². The third-order valence-corrected chi connectivity index (χ3v) is 12.2. The Balaban J connectivity index is 4.41. The summed E-state index contributed by atoms with van der Waals surface area (Å²) >= 11 is 0. The summed E-state index contributed by atoms with van der Waals surface area (Å²) in [6.45, 7) is 6.56. The molecule has 0 heterocycles. The second-order valence-electron chi connectivity index (χ2n) is 18.8. The normalized spacial score (nSPS) is 12.6. The standard InChI is InChI=1S/C61H106O6/c1-4-7-10-13-16-19-22-25-27-29-30-32-33-36-39-42-45-48-51-54-60(63)66-57-58(56-65-59(62)53-50-47-44-41-38-35-24-21-18-15-12-9-6-3)67-61(64)55-52-49-46-43-40-37-34-31-28-26-23-20-17-14-11-8-5-2/h16-17,19-21,24-28,30,32,58H,4-15,18,22-23,29,31,33-57H2,1-3H3/b19-16-,20-17-,24-21-,27-25-,28-26-,32-30-/t58-/m1/s1. The number of unbranched alkanes of at least 4 members (excludes halogenated alkanes) is 28. The van der Waals surface area contributed by atoms with Crippen molar-refractivity contribution in [1.82, 2.24) is 0 Å². The number of hydrogen-bond acceptors (Lipinski definition) is 6. The van der Waals surface area contributed by atoms with Crippen LogP contribution < -0.4 is 0 Å². The van der Waals surface area contributed by atoms with E-state index < -0.39 is 6.10 Å². The first-order valence-electron chi connectivity index (χ1n) is 28.4. The lowest BCUT2D eigenvalue weighted by Crippen LogP contribution is -2.30. The smallest absolute Gasteiger partial charge is 0.306 e. The Kier molecular flexibility index (Phi) is 52.8. The molecule has 0 aromatic rings. The summed E-state index contributed by atoms with van der Waals surface area (Å²) in [6.07, 6.45) is 70.2. The molecule has 0 saturated heterocycles. The summed E-state index contributed by atoms with van der Waals surface area (Å²) in [4.78, 5) is 38.1. The van der Waals surface area contributed by atoms with Crippen LogP contribution in [0, 0.1) is 0 Å². The first-order chi connectivity index (χ1) is 33.0. The summed E-state index contributed by atoms with van der Waals surface area (Å²) < 4.78 is 16.8. The van der Waals surface area contributed by atoms with Gasteiger partial charge in [0.1, 0.15) is 13.2 Å². The van der Waals surface area contributed by atoms with Crippen LogP contribution in [0.4, 0.5) is 0 Å². The van der Waals surface area contributed by atoms with Crippen molar-refractivity contribution >= 4 is 17.9 Å². The summed E-state index contributed by atoms with van der Waals surface area (Å²) in [5.74, 6) is -0.909. The highest BCUT2D eigenvalue weighted by Crippen LogP contribution is 2.14. The van der Waals surface area contributed by atoms with E-state index in [-0.39, 0.29) is 31.1 Å². The van der Waals surface area contributed by atoms with Gasteiger partial charge in [0.25, 0.3) is 0 Å². The highest BCUT2D eigenvalue weighted by Gasteiger charge is 2.19. The fraction of sp³-hybridized carbons (Fsp3) is 0.754. The highest BCUT2D eigenvalue weighted by molar-refractivity contribution is 5.71. The number of rotatable bonds is 51. The van der Waals surface area contributed by atoms with Crippen LogP contribution in [-0.4, -0.2) is 37.2 Å². The predicted octanol–water partition coefficient (Wildman–Crippen LogP) is 19.0. The van der Waals surface area contributed by atoms with E-state index in [1.54, 1.807) is 0 Å². The number of hydrogen-bond donors (Lipinski definition) is 0. The van der Waals surface area contributed by atoms with Crippen molar-refractivity contribution in [2.45, 2.75) is 284 Å². The second-order valence-corrected chi connectivity index (χ2v) is 18.8. The van der Waals surface area contributed by atoms with E-state index >= 15 is 0 Å². The van der Waals surface area contributed by atoms with Crippen LogP contribution >= 0.6 is 0 Å². The topological polar surface area (TPSA) is 78.9 Å². The molecule has 0 N–H and O–H groups in total. The molecule has 0 aliphatic heterocycles. The number of carbonyl (C=O) groups excluding carboxylic acids is 3. The van der Waals surface area contributed by atoms with Gasteiger partial charge in [-0.2, -0.15) is 0 Å². The number of allylic oxidation sites excluding steroid dienone is 12. The lowest BCUT2D eigenvalue weighted by molar-refractivity contribution is -0.167. The third-order valence-electron chi connectivity index (χ3n) is 12.2. The maximum atomic E-state index is 12.8. The first kappa shape index (κ1) is 63.8. The first-order valence-corrected chi connectivity index (χ1v) is 28.4. The molecule has 67 heavy (non-hydrogen) atoms. The SMILES string of the molecule is CCCCC/C=C\C/C=C\C/C=C\CCCCCCCCC(=O)OC[C@@H](COC(=O)CCCCCCC/C=C\CCCCCC)OC(=O)CCCCCCCCC/C=C\C/C=C\CCCCC. The van der Waals surface area contributed by atoms with Gasteiger partial charge in [-0.1, -0.05) is 216 Å². The minimum atomic E-state index is -0.789. The van der Waals surface area contributed by atoms with E-state index in [2.05, 4.69) is 93.7 Å². The number of ether oxygens (including phenoxy) is 3. The fourth-order valence-electron chi connectivity index (χ4n) is 7.83. The molecule has 0 fully saturated rings. The van der Waals surface area contributed by atoms with Crippen LogP contribution in [0.15, 0.2) is 72.9 Å². The quantitative estimate of drug-likeness (QED) is 0.0262. The molecule has 0 spiro atoms. The van der Waals surface area contributed by atoms with Crippen LogP contribution in [0.5, 0.6) is 0 Å². The summed E-state index contributed by atoms with van der Waals surface area (Å²) in [5.41, 5.74) is 0. The van der Waals surface area contributed by atoms with Gasteiger partial charge >= 0.3 is 17.9 Å². The maximum absolute atomic E-state index is 12.8. The van der Waals surface area contributed by atoms with Crippen LogP contribution in [0.1, 0.15) is 278 Å². The summed E-state index contributed by atoms with van der Waals surface area (Å²) in [6, 6.07) is 0. The van der Waals surface area contributed by atoms with Gasteiger partial charge in [-0.3, -0.25) is 14.4 Å². The van der Waals surface area contributed by atoms with Gasteiger partial charge in [0, 0.05) is 19.3 Å². The van der Waals surface area contributed by atoms with Crippen LogP contribution in [-0.2, 0) is 28.6 Å². The van der Waals surface area contributed by atoms with E-state index in [1.807, 2.05) is 0 Å². The van der Waals surface area contributed by atoms with Crippen molar-refractivity contribution < 1.29 is 28.6 Å². The molecule has 386 valence electrons. The summed E-state index contributed by atoms with van der Waals surface area (Å²) in [7, 11) is 0. The lowest BCUT2D eigenvalue weighted by atomic mass is 10.1. The predicted molar refractivity (Wildman–Crippen MR) is 288 cm³/mol. The van der Waals surface area contributed by atoms with Gasteiger partial charge in [-0.25, -0.2) is 0 Å². The van der Waals surface area contributed by atoms with Crippen molar-refractivity contribution in [1.29, 1.82) is 0 Å². The van der Waals surface area contributed by atoms with Gasteiger partial charge in [0.15, 0.2) is 6.10 Å². The highest BCUT2D eigenvalue weighted by atomic mass is 16.6. The van der Waals surface area contributed by atoms with Crippen LogP contribution in [0.3, 0.4) is 0 Å². The molecule has 0 aliphatic carbocycles. The van der Waals surface area contributed by atoms with Crippen molar-refractivity contribution in [3.05, 3.63) is 72.9 Å².